The third-order valence-corrected chi connectivity index (χ3v) is 3.87. The first kappa shape index (κ1) is 16.4. The second-order valence-corrected chi connectivity index (χ2v) is 6.35. The normalized spacial score (nSPS) is 12.2. The van der Waals surface area contributed by atoms with Crippen molar-refractivity contribution in [3.05, 3.63) is 59.7 Å². The lowest BCUT2D eigenvalue weighted by Crippen LogP contribution is -2.10. The first-order chi connectivity index (χ1) is 10.6. The first-order valence-electron chi connectivity index (χ1n) is 8.05. The number of benzene rings is 2. The molecule has 1 atom stereocenters. The maximum absolute atomic E-state index is 5.25. The predicted octanol–water partition coefficient (Wildman–Crippen LogP) is 5.11. The zero-order valence-corrected chi connectivity index (χ0v) is 14.1. The fourth-order valence-corrected chi connectivity index (χ4v) is 2.58. The van der Waals surface area contributed by atoms with Crippen molar-refractivity contribution in [1.29, 1.82) is 0 Å². The summed E-state index contributed by atoms with van der Waals surface area (Å²) in [6, 6.07) is 17.1. The van der Waals surface area contributed by atoms with Crippen molar-refractivity contribution in [3.63, 3.8) is 0 Å². The summed E-state index contributed by atoms with van der Waals surface area (Å²) >= 11 is 0. The zero-order valence-electron chi connectivity index (χ0n) is 14.1. The van der Waals surface area contributed by atoms with Crippen LogP contribution in [0.2, 0.25) is 0 Å². The Labute approximate surface area is 134 Å². The van der Waals surface area contributed by atoms with Crippen LogP contribution >= 0.6 is 0 Å². The summed E-state index contributed by atoms with van der Waals surface area (Å²) in [6.45, 7) is 7.69. The third-order valence-electron chi connectivity index (χ3n) is 3.87. The standard InChI is InChI=1S/C20H27NO/c1-15(2)12-17-8-10-18(11-9-17)16(3)14-21-19-6-5-7-20(13-19)22-4/h5-11,13,15-16,21H,12,14H2,1-4H3. The minimum atomic E-state index is 0.472. The van der Waals surface area contributed by atoms with E-state index in [1.807, 2.05) is 18.2 Å². The molecule has 0 aliphatic carbocycles. The summed E-state index contributed by atoms with van der Waals surface area (Å²) in [5.74, 6) is 2.06. The van der Waals surface area contributed by atoms with Crippen LogP contribution in [0.3, 0.4) is 0 Å². The molecule has 1 unspecified atom stereocenters. The van der Waals surface area contributed by atoms with Gasteiger partial charge < -0.3 is 10.1 Å². The van der Waals surface area contributed by atoms with Crippen LogP contribution in [0, 0.1) is 5.92 Å². The highest BCUT2D eigenvalue weighted by Crippen LogP contribution is 2.20. The number of hydrogen-bond acceptors (Lipinski definition) is 2. The second kappa shape index (κ2) is 7.88. The molecule has 1 N–H and O–H groups in total. The lowest BCUT2D eigenvalue weighted by Gasteiger charge is -2.15. The highest BCUT2D eigenvalue weighted by molar-refractivity contribution is 5.48. The highest BCUT2D eigenvalue weighted by Gasteiger charge is 2.06. The molecule has 0 saturated heterocycles. The molecule has 0 bridgehead atoms. The van der Waals surface area contributed by atoms with Crippen molar-refractivity contribution in [2.45, 2.75) is 33.1 Å². The van der Waals surface area contributed by atoms with E-state index in [0.717, 1.165) is 24.4 Å². The summed E-state index contributed by atoms with van der Waals surface area (Å²) in [7, 11) is 1.69. The molecular formula is C20H27NO. The second-order valence-electron chi connectivity index (χ2n) is 6.35. The highest BCUT2D eigenvalue weighted by atomic mass is 16.5. The van der Waals surface area contributed by atoms with Gasteiger partial charge in [0.1, 0.15) is 5.75 Å². The van der Waals surface area contributed by atoms with E-state index in [2.05, 4.69) is 56.4 Å². The molecular weight excluding hydrogens is 270 g/mol. The largest absolute Gasteiger partial charge is 0.497 e. The van der Waals surface area contributed by atoms with Crippen LogP contribution < -0.4 is 10.1 Å². The summed E-state index contributed by atoms with van der Waals surface area (Å²) in [5.41, 5.74) is 3.90. The van der Waals surface area contributed by atoms with E-state index >= 15 is 0 Å². The van der Waals surface area contributed by atoms with E-state index in [1.165, 1.54) is 11.1 Å². The fourth-order valence-electron chi connectivity index (χ4n) is 2.58. The average molecular weight is 297 g/mol. The van der Waals surface area contributed by atoms with Crippen molar-refractivity contribution < 1.29 is 4.74 Å². The summed E-state index contributed by atoms with van der Waals surface area (Å²) in [4.78, 5) is 0. The average Bonchev–Trinajstić information content (AvgIpc) is 2.53. The molecule has 2 aromatic carbocycles. The summed E-state index contributed by atoms with van der Waals surface area (Å²) in [6.07, 6.45) is 1.15. The van der Waals surface area contributed by atoms with Crippen LogP contribution in [-0.2, 0) is 6.42 Å². The van der Waals surface area contributed by atoms with Crippen LogP contribution in [0.5, 0.6) is 5.75 Å². The van der Waals surface area contributed by atoms with E-state index in [1.54, 1.807) is 7.11 Å². The lowest BCUT2D eigenvalue weighted by molar-refractivity contribution is 0.415. The van der Waals surface area contributed by atoms with E-state index < -0.39 is 0 Å². The SMILES string of the molecule is COc1cccc(NCC(C)c2ccc(CC(C)C)cc2)c1. The predicted molar refractivity (Wildman–Crippen MR) is 94.9 cm³/mol. The van der Waals surface area contributed by atoms with Crippen molar-refractivity contribution in [2.75, 3.05) is 19.0 Å². The summed E-state index contributed by atoms with van der Waals surface area (Å²) in [5, 5.41) is 3.48. The molecule has 22 heavy (non-hydrogen) atoms. The number of ether oxygens (including phenoxy) is 1. The van der Waals surface area contributed by atoms with Crippen LogP contribution in [0.4, 0.5) is 5.69 Å². The van der Waals surface area contributed by atoms with Gasteiger partial charge in [-0.2, -0.15) is 0 Å². The maximum atomic E-state index is 5.25. The quantitative estimate of drug-likeness (QED) is 0.767. The monoisotopic (exact) mass is 297 g/mol. The van der Waals surface area contributed by atoms with Gasteiger partial charge >= 0.3 is 0 Å². The molecule has 0 aromatic heterocycles. The van der Waals surface area contributed by atoms with Gasteiger partial charge in [-0.1, -0.05) is 51.1 Å². The third kappa shape index (κ3) is 4.80. The molecule has 0 heterocycles. The van der Waals surface area contributed by atoms with E-state index in [9.17, 15) is 0 Å². The van der Waals surface area contributed by atoms with Gasteiger partial charge in [-0.25, -0.2) is 0 Å². The number of anilines is 1. The van der Waals surface area contributed by atoms with Gasteiger partial charge in [0, 0.05) is 18.3 Å². The van der Waals surface area contributed by atoms with E-state index in [-0.39, 0.29) is 0 Å². The molecule has 0 spiro atoms. The Morgan fingerprint density at radius 1 is 1.00 bits per heavy atom. The first-order valence-corrected chi connectivity index (χ1v) is 8.05. The zero-order chi connectivity index (χ0) is 15.9. The Morgan fingerprint density at radius 2 is 1.73 bits per heavy atom. The Bertz CT molecular complexity index is 575. The minimum Gasteiger partial charge on any atom is -0.497 e. The van der Waals surface area contributed by atoms with Gasteiger partial charge in [0.05, 0.1) is 7.11 Å². The molecule has 0 aliphatic rings. The number of rotatable bonds is 7. The number of methoxy groups -OCH3 is 1. The van der Waals surface area contributed by atoms with Crippen LogP contribution in [0.1, 0.15) is 37.8 Å². The Kier molecular flexibility index (Phi) is 5.88. The fraction of sp³-hybridized carbons (Fsp3) is 0.400. The Balaban J connectivity index is 1.92. The van der Waals surface area contributed by atoms with Crippen molar-refractivity contribution in [2.24, 2.45) is 5.92 Å². The van der Waals surface area contributed by atoms with Gasteiger partial charge in [-0.3, -0.25) is 0 Å². The molecule has 0 saturated carbocycles. The smallest absolute Gasteiger partial charge is 0.120 e. The summed E-state index contributed by atoms with van der Waals surface area (Å²) < 4.78 is 5.25. The Morgan fingerprint density at radius 3 is 2.36 bits per heavy atom. The Hall–Kier alpha value is -1.96. The van der Waals surface area contributed by atoms with Gasteiger partial charge in [-0.15, -0.1) is 0 Å². The number of nitrogens with one attached hydrogen (secondary N) is 1. The van der Waals surface area contributed by atoms with Crippen molar-refractivity contribution in [3.8, 4) is 5.75 Å². The number of hydrogen-bond donors (Lipinski definition) is 1. The molecule has 0 fully saturated rings. The van der Waals surface area contributed by atoms with Crippen molar-refractivity contribution >= 4 is 5.69 Å². The molecule has 2 rings (SSSR count). The molecule has 2 nitrogen and oxygen atoms in total. The topological polar surface area (TPSA) is 21.3 Å². The minimum absolute atomic E-state index is 0.472. The lowest BCUT2D eigenvalue weighted by atomic mass is 9.97. The van der Waals surface area contributed by atoms with Gasteiger partial charge in [0.25, 0.3) is 0 Å². The van der Waals surface area contributed by atoms with Gasteiger partial charge in [-0.05, 0) is 41.5 Å². The van der Waals surface area contributed by atoms with Gasteiger partial charge in [0.15, 0.2) is 0 Å². The van der Waals surface area contributed by atoms with Crippen molar-refractivity contribution in [1.82, 2.24) is 0 Å². The molecule has 118 valence electrons. The maximum Gasteiger partial charge on any atom is 0.120 e. The molecule has 2 heteroatoms. The van der Waals surface area contributed by atoms with Crippen LogP contribution in [0.25, 0.3) is 0 Å². The van der Waals surface area contributed by atoms with E-state index in [4.69, 9.17) is 4.74 Å². The van der Waals surface area contributed by atoms with Crippen LogP contribution in [0.15, 0.2) is 48.5 Å². The molecule has 0 aliphatic heterocycles. The molecule has 2 aromatic rings. The molecule has 0 radical (unpaired) electrons. The van der Waals surface area contributed by atoms with Gasteiger partial charge in [0.2, 0.25) is 0 Å². The van der Waals surface area contributed by atoms with Crippen LogP contribution in [-0.4, -0.2) is 13.7 Å². The van der Waals surface area contributed by atoms with E-state index in [0.29, 0.717) is 11.8 Å². The molecule has 0 amide bonds.